The molecule has 2 aliphatic carbocycles. The van der Waals surface area contributed by atoms with Gasteiger partial charge >= 0.3 is 150 Å². The second kappa shape index (κ2) is 8.30. The Morgan fingerprint density at radius 1 is 0.920 bits per heavy atom. The molecule has 0 amide bonds. The van der Waals surface area contributed by atoms with E-state index in [0.717, 1.165) is 12.8 Å². The summed E-state index contributed by atoms with van der Waals surface area (Å²) in [6, 6.07) is 13.7. The first-order valence-electron chi connectivity index (χ1n) is 8.33. The molecular formula is C22H23Cl2Zr. The van der Waals surface area contributed by atoms with Crippen molar-refractivity contribution < 1.29 is 22.8 Å². The minimum Gasteiger partial charge on any atom is -0.147 e. The summed E-state index contributed by atoms with van der Waals surface area (Å²) in [5, 5.41) is 0. The van der Waals surface area contributed by atoms with Crippen LogP contribution in [0.1, 0.15) is 43.9 Å². The summed E-state index contributed by atoms with van der Waals surface area (Å²) < 4.78 is 3.38. The molecule has 0 radical (unpaired) electrons. The zero-order valence-corrected chi connectivity index (χ0v) is 18.9. The first kappa shape index (κ1) is 20.6. The molecule has 0 spiro atoms. The van der Waals surface area contributed by atoms with Gasteiger partial charge in [-0.3, -0.25) is 0 Å². The first-order valence-corrected chi connectivity index (χ1v) is 10.8. The van der Waals surface area contributed by atoms with Gasteiger partial charge < -0.3 is 0 Å². The monoisotopic (exact) mass is 447 g/mol. The van der Waals surface area contributed by atoms with Gasteiger partial charge in [-0.15, -0.1) is 24.8 Å². The molecule has 2 aromatic carbocycles. The normalized spacial score (nSPS) is 13.6. The molecule has 0 atom stereocenters. The summed E-state index contributed by atoms with van der Waals surface area (Å²) in [6.07, 6.45) is 6.83. The molecule has 0 fully saturated rings. The molecule has 2 aromatic rings. The fourth-order valence-electron chi connectivity index (χ4n) is 3.79. The van der Waals surface area contributed by atoms with Crippen molar-refractivity contribution in [1.29, 1.82) is 0 Å². The topological polar surface area (TPSA) is 0 Å². The van der Waals surface area contributed by atoms with Crippen LogP contribution in [-0.4, -0.2) is 3.21 Å². The molecule has 3 heteroatoms. The predicted octanol–water partition coefficient (Wildman–Crippen LogP) is 5.75. The van der Waals surface area contributed by atoms with E-state index in [4.69, 9.17) is 0 Å². The van der Waals surface area contributed by atoms with Crippen LogP contribution < -0.4 is 3.27 Å². The molecule has 0 saturated heterocycles. The number of benzene rings is 2. The van der Waals surface area contributed by atoms with Crippen LogP contribution in [0, 0.1) is 0 Å². The average molecular weight is 450 g/mol. The van der Waals surface area contributed by atoms with Crippen LogP contribution in [0.4, 0.5) is 0 Å². The zero-order valence-electron chi connectivity index (χ0n) is 14.8. The Morgan fingerprint density at radius 2 is 1.64 bits per heavy atom. The molecule has 25 heavy (non-hydrogen) atoms. The minimum atomic E-state index is -0.664. The van der Waals surface area contributed by atoms with Crippen molar-refractivity contribution in [1.82, 2.24) is 0 Å². The molecule has 0 nitrogen and oxygen atoms in total. The van der Waals surface area contributed by atoms with Crippen molar-refractivity contribution in [2.75, 3.05) is 0 Å². The van der Waals surface area contributed by atoms with Crippen LogP contribution in [-0.2, 0) is 29.2 Å². The van der Waals surface area contributed by atoms with E-state index in [1.165, 1.54) is 22.3 Å². The van der Waals surface area contributed by atoms with Crippen LogP contribution in [0.15, 0.2) is 54.1 Å². The van der Waals surface area contributed by atoms with Crippen molar-refractivity contribution in [3.63, 3.8) is 0 Å². The van der Waals surface area contributed by atoms with Crippen LogP contribution in [0.3, 0.4) is 0 Å². The van der Waals surface area contributed by atoms with Gasteiger partial charge in [-0.05, 0) is 0 Å². The molecular weight excluding hydrogens is 426 g/mol. The number of halogens is 2. The van der Waals surface area contributed by atoms with Crippen molar-refractivity contribution in [2.45, 2.75) is 33.6 Å². The third-order valence-electron chi connectivity index (χ3n) is 4.85. The van der Waals surface area contributed by atoms with Gasteiger partial charge in [0, 0.05) is 0 Å². The van der Waals surface area contributed by atoms with Gasteiger partial charge in [0.2, 0.25) is 0 Å². The largest absolute Gasteiger partial charge is 0.147 e. The molecule has 0 bridgehead atoms. The van der Waals surface area contributed by atoms with Crippen molar-refractivity contribution in [3.05, 3.63) is 70.8 Å². The van der Waals surface area contributed by atoms with Crippen molar-refractivity contribution in [2.24, 2.45) is 0 Å². The Balaban J connectivity index is 0.00000113. The van der Waals surface area contributed by atoms with Crippen LogP contribution in [0.5, 0.6) is 0 Å². The summed E-state index contributed by atoms with van der Waals surface area (Å²) in [5.74, 6) is 0. The molecule has 0 N–H and O–H groups in total. The summed E-state index contributed by atoms with van der Waals surface area (Å²) in [6.45, 7) is 6.91. The standard InChI is InChI=1S/C19H15.C3H6.2ClH.Zr/c1-13-5-4-8-17(13)15-9-10-19-16(12-15)11-14-6-2-3-7-18(14)19;1-3-2;;;/h2-7,9-10H,8,11H2,1H3;1-2H3;2*1H;. The molecule has 2 aliphatic rings. The first-order chi connectivity index (χ1) is 11.1. The fraction of sp³-hybridized carbons (Fsp3) is 0.227. The predicted molar refractivity (Wildman–Crippen MR) is 112 cm³/mol. The van der Waals surface area contributed by atoms with E-state index in [0.29, 0.717) is 0 Å². The van der Waals surface area contributed by atoms with Gasteiger partial charge in [0.1, 0.15) is 0 Å². The van der Waals surface area contributed by atoms with E-state index in [-0.39, 0.29) is 24.8 Å². The SMILES string of the molecule is C[C](C)=[Zr][c]1c(C2=C(C)C=CC2)ccc2c1Cc1ccccc1-2.Cl.Cl. The van der Waals surface area contributed by atoms with Gasteiger partial charge in [-0.2, -0.15) is 0 Å². The molecule has 0 aliphatic heterocycles. The maximum absolute atomic E-state index is 2.41. The maximum Gasteiger partial charge on any atom is -0.147 e. The number of hydrogen-bond acceptors (Lipinski definition) is 0. The Morgan fingerprint density at radius 3 is 2.32 bits per heavy atom. The molecule has 0 aromatic heterocycles. The number of allylic oxidation sites excluding steroid dienone is 4. The summed E-state index contributed by atoms with van der Waals surface area (Å²) in [7, 11) is 0. The number of fused-ring (bicyclic) bond motifs is 3. The third-order valence-corrected chi connectivity index (χ3v) is 8.10. The molecule has 0 heterocycles. The zero-order chi connectivity index (χ0) is 16.0. The van der Waals surface area contributed by atoms with E-state index < -0.39 is 22.8 Å². The van der Waals surface area contributed by atoms with Gasteiger partial charge in [0.05, 0.1) is 0 Å². The molecule has 0 unspecified atom stereocenters. The van der Waals surface area contributed by atoms with Gasteiger partial charge in [-0.25, -0.2) is 0 Å². The average Bonchev–Trinajstić information content (AvgIpc) is 3.11. The van der Waals surface area contributed by atoms with Crippen molar-refractivity contribution in [3.8, 4) is 11.1 Å². The number of hydrogen-bond donors (Lipinski definition) is 0. The van der Waals surface area contributed by atoms with E-state index in [1.807, 2.05) is 0 Å². The van der Waals surface area contributed by atoms with E-state index in [1.54, 1.807) is 23.2 Å². The van der Waals surface area contributed by atoms with Crippen LogP contribution >= 0.6 is 24.8 Å². The van der Waals surface area contributed by atoms with Gasteiger partial charge in [0.25, 0.3) is 0 Å². The Kier molecular flexibility index (Phi) is 6.82. The molecule has 4 rings (SSSR count). The maximum atomic E-state index is 2.41. The molecule has 129 valence electrons. The Labute approximate surface area is 174 Å². The fourth-order valence-corrected chi connectivity index (χ4v) is 6.85. The Bertz CT molecular complexity index is 900. The van der Waals surface area contributed by atoms with Crippen molar-refractivity contribution >= 4 is 36.9 Å². The van der Waals surface area contributed by atoms with Crippen LogP contribution in [0.25, 0.3) is 16.7 Å². The smallest absolute Gasteiger partial charge is 0.147 e. The van der Waals surface area contributed by atoms with E-state index in [9.17, 15) is 0 Å². The van der Waals surface area contributed by atoms with E-state index >= 15 is 0 Å². The third kappa shape index (κ3) is 3.70. The number of rotatable bonds is 2. The van der Waals surface area contributed by atoms with Crippen LogP contribution in [0.2, 0.25) is 0 Å². The minimum absolute atomic E-state index is 0. The summed E-state index contributed by atoms with van der Waals surface area (Å²) in [4.78, 5) is 0. The summed E-state index contributed by atoms with van der Waals surface area (Å²) >= 11 is -0.664. The second-order valence-corrected chi connectivity index (χ2v) is 11.0. The van der Waals surface area contributed by atoms with E-state index in [2.05, 4.69) is 69.3 Å². The second-order valence-electron chi connectivity index (χ2n) is 6.74. The molecule has 0 saturated carbocycles. The van der Waals surface area contributed by atoms with Gasteiger partial charge in [-0.1, -0.05) is 0 Å². The van der Waals surface area contributed by atoms with Gasteiger partial charge in [0.15, 0.2) is 0 Å². The summed E-state index contributed by atoms with van der Waals surface area (Å²) in [5.41, 5.74) is 10.6. The quantitative estimate of drug-likeness (QED) is 0.467. The Hall–Kier alpha value is -0.747.